The Morgan fingerprint density at radius 1 is 1.00 bits per heavy atom. The molecular formula is C26H21Cl2NO4. The summed E-state index contributed by atoms with van der Waals surface area (Å²) >= 11 is 12.1. The second-order valence-electron chi connectivity index (χ2n) is 7.64. The minimum atomic E-state index is -0.836. The van der Waals surface area contributed by atoms with Gasteiger partial charge in [0.2, 0.25) is 0 Å². The minimum absolute atomic E-state index is 0.0240. The molecule has 1 amide bonds. The Labute approximate surface area is 201 Å². The maximum Gasteiger partial charge on any atom is 0.300 e. The molecular weight excluding hydrogens is 461 g/mol. The molecule has 1 heterocycles. The van der Waals surface area contributed by atoms with Crippen molar-refractivity contribution in [1.29, 1.82) is 0 Å². The van der Waals surface area contributed by atoms with Crippen molar-refractivity contribution in [3.05, 3.63) is 99.0 Å². The quantitative estimate of drug-likeness (QED) is 0.262. The van der Waals surface area contributed by atoms with E-state index < -0.39 is 17.7 Å². The molecule has 1 N–H and O–H groups in total. The Morgan fingerprint density at radius 2 is 1.73 bits per heavy atom. The third-order valence-electron chi connectivity index (χ3n) is 5.42. The number of hydrogen-bond donors (Lipinski definition) is 1. The molecule has 1 atom stereocenters. The van der Waals surface area contributed by atoms with Gasteiger partial charge in [0.25, 0.3) is 11.7 Å². The number of aliphatic hydroxyl groups is 1. The number of rotatable bonds is 5. The third-order valence-corrected chi connectivity index (χ3v) is 6.16. The summed E-state index contributed by atoms with van der Waals surface area (Å²) in [5.74, 6) is -1.15. The summed E-state index contributed by atoms with van der Waals surface area (Å²) in [7, 11) is 0. The second kappa shape index (κ2) is 9.30. The fraction of sp³-hybridized carbons (Fsp3) is 0.154. The molecule has 168 valence electrons. The molecule has 1 unspecified atom stereocenters. The number of hydrogen-bond acceptors (Lipinski definition) is 4. The van der Waals surface area contributed by atoms with Crippen molar-refractivity contribution in [3.63, 3.8) is 0 Å². The molecule has 0 saturated carbocycles. The largest absolute Gasteiger partial charge is 0.507 e. The van der Waals surface area contributed by atoms with E-state index in [0.29, 0.717) is 34.2 Å². The smallest absolute Gasteiger partial charge is 0.300 e. The van der Waals surface area contributed by atoms with Crippen LogP contribution < -0.4 is 9.64 Å². The van der Waals surface area contributed by atoms with Crippen LogP contribution in [-0.4, -0.2) is 23.4 Å². The minimum Gasteiger partial charge on any atom is -0.507 e. The number of Topliss-reactive ketones (excluding diaryl/α,β-unsaturated/α-hetero) is 1. The fourth-order valence-electron chi connectivity index (χ4n) is 3.90. The van der Waals surface area contributed by atoms with Crippen molar-refractivity contribution in [2.45, 2.75) is 19.9 Å². The van der Waals surface area contributed by atoms with Crippen LogP contribution in [0.2, 0.25) is 10.0 Å². The average molecular weight is 482 g/mol. The van der Waals surface area contributed by atoms with Crippen molar-refractivity contribution in [2.75, 3.05) is 11.5 Å². The van der Waals surface area contributed by atoms with Gasteiger partial charge in [-0.2, -0.15) is 0 Å². The van der Waals surface area contributed by atoms with E-state index in [2.05, 4.69) is 0 Å². The number of halogens is 2. The van der Waals surface area contributed by atoms with Crippen LogP contribution in [0.1, 0.15) is 29.7 Å². The molecule has 1 aliphatic rings. The van der Waals surface area contributed by atoms with Crippen molar-refractivity contribution >= 4 is 46.3 Å². The van der Waals surface area contributed by atoms with Crippen LogP contribution in [0.4, 0.5) is 5.69 Å². The van der Waals surface area contributed by atoms with Crippen LogP contribution in [0.3, 0.4) is 0 Å². The van der Waals surface area contributed by atoms with E-state index >= 15 is 0 Å². The standard InChI is InChI=1S/C26H21Cl2NO4/c1-3-33-19-10-7-16(8-11-19)23-22(24(30)17-9-12-20(27)21(28)14-17)25(31)26(32)29(23)18-6-4-5-15(2)13-18/h4-14,23,30H,3H2,1-2H3/b24-22-. The molecule has 7 heteroatoms. The van der Waals surface area contributed by atoms with Gasteiger partial charge in [0.1, 0.15) is 11.5 Å². The van der Waals surface area contributed by atoms with Crippen molar-refractivity contribution in [3.8, 4) is 5.75 Å². The number of carbonyl (C=O) groups excluding carboxylic acids is 2. The lowest BCUT2D eigenvalue weighted by Crippen LogP contribution is -2.29. The van der Waals surface area contributed by atoms with E-state index in [1.807, 2.05) is 32.0 Å². The highest BCUT2D eigenvalue weighted by atomic mass is 35.5. The summed E-state index contributed by atoms with van der Waals surface area (Å²) in [6.45, 7) is 4.30. The third kappa shape index (κ3) is 4.34. The Morgan fingerprint density at radius 3 is 2.36 bits per heavy atom. The first-order chi connectivity index (χ1) is 15.8. The Hall–Kier alpha value is -3.28. The maximum atomic E-state index is 13.2. The molecule has 0 aromatic heterocycles. The Balaban J connectivity index is 1.92. The zero-order valence-corrected chi connectivity index (χ0v) is 19.5. The summed E-state index contributed by atoms with van der Waals surface area (Å²) < 4.78 is 5.52. The summed E-state index contributed by atoms with van der Waals surface area (Å²) in [4.78, 5) is 27.8. The first kappa shape index (κ1) is 22.9. The topological polar surface area (TPSA) is 66.8 Å². The average Bonchev–Trinajstić information content (AvgIpc) is 3.06. The number of carbonyl (C=O) groups is 2. The molecule has 4 rings (SSSR count). The molecule has 0 aliphatic carbocycles. The molecule has 3 aromatic carbocycles. The summed E-state index contributed by atoms with van der Waals surface area (Å²) in [5, 5.41) is 11.7. The summed E-state index contributed by atoms with van der Waals surface area (Å²) in [6, 6.07) is 18.1. The van der Waals surface area contributed by atoms with E-state index in [0.717, 1.165) is 5.56 Å². The van der Waals surface area contributed by atoms with Gasteiger partial charge < -0.3 is 9.84 Å². The molecule has 1 saturated heterocycles. The number of benzene rings is 3. The van der Waals surface area contributed by atoms with Gasteiger partial charge in [0.05, 0.1) is 28.3 Å². The zero-order valence-electron chi connectivity index (χ0n) is 18.0. The SMILES string of the molecule is CCOc1ccc(C2/C(=C(/O)c3ccc(Cl)c(Cl)c3)C(=O)C(=O)N2c2cccc(C)c2)cc1. The second-order valence-corrected chi connectivity index (χ2v) is 8.45. The van der Waals surface area contributed by atoms with E-state index in [9.17, 15) is 14.7 Å². The number of nitrogens with zero attached hydrogens (tertiary/aromatic N) is 1. The van der Waals surface area contributed by atoms with Crippen molar-refractivity contribution in [2.24, 2.45) is 0 Å². The number of amides is 1. The monoisotopic (exact) mass is 481 g/mol. The van der Waals surface area contributed by atoms with E-state index in [-0.39, 0.29) is 16.4 Å². The molecule has 1 aliphatic heterocycles. The Kier molecular flexibility index (Phi) is 6.45. The maximum absolute atomic E-state index is 13.2. The zero-order chi connectivity index (χ0) is 23.7. The van der Waals surface area contributed by atoms with Gasteiger partial charge in [-0.1, -0.05) is 47.5 Å². The molecule has 33 heavy (non-hydrogen) atoms. The molecule has 0 radical (unpaired) electrons. The first-order valence-electron chi connectivity index (χ1n) is 10.4. The van der Waals surface area contributed by atoms with Gasteiger partial charge in [-0.05, 0) is 67.4 Å². The van der Waals surface area contributed by atoms with Gasteiger partial charge >= 0.3 is 0 Å². The number of anilines is 1. The van der Waals surface area contributed by atoms with E-state index in [1.54, 1.807) is 36.4 Å². The van der Waals surface area contributed by atoms with Crippen LogP contribution in [0.25, 0.3) is 5.76 Å². The normalized spacial score (nSPS) is 17.5. The Bertz CT molecular complexity index is 1270. The molecule has 5 nitrogen and oxygen atoms in total. The van der Waals surface area contributed by atoms with Gasteiger partial charge in [-0.25, -0.2) is 0 Å². The lowest BCUT2D eigenvalue weighted by Gasteiger charge is -2.26. The molecule has 0 spiro atoms. The van der Waals surface area contributed by atoms with Gasteiger partial charge in [-0.3, -0.25) is 14.5 Å². The highest BCUT2D eigenvalue weighted by molar-refractivity contribution is 6.51. The number of aryl methyl sites for hydroxylation is 1. The fourth-order valence-corrected chi connectivity index (χ4v) is 4.20. The summed E-state index contributed by atoms with van der Waals surface area (Å²) in [5.41, 5.74) is 2.42. The van der Waals surface area contributed by atoms with Crippen molar-refractivity contribution in [1.82, 2.24) is 0 Å². The highest BCUT2D eigenvalue weighted by Crippen LogP contribution is 2.43. The molecule has 1 fully saturated rings. The number of ether oxygens (including phenoxy) is 1. The van der Waals surface area contributed by atoms with Crippen LogP contribution >= 0.6 is 23.2 Å². The predicted octanol–water partition coefficient (Wildman–Crippen LogP) is 6.33. The van der Waals surface area contributed by atoms with Gasteiger partial charge in [0.15, 0.2) is 0 Å². The van der Waals surface area contributed by atoms with Gasteiger partial charge in [0, 0.05) is 11.3 Å². The summed E-state index contributed by atoms with van der Waals surface area (Å²) in [6.07, 6.45) is 0. The number of aliphatic hydroxyl groups excluding tert-OH is 1. The lowest BCUT2D eigenvalue weighted by molar-refractivity contribution is -0.132. The number of ketones is 1. The lowest BCUT2D eigenvalue weighted by atomic mass is 9.95. The van der Waals surface area contributed by atoms with Crippen LogP contribution in [-0.2, 0) is 9.59 Å². The van der Waals surface area contributed by atoms with Crippen molar-refractivity contribution < 1.29 is 19.4 Å². The first-order valence-corrected chi connectivity index (χ1v) is 11.1. The van der Waals surface area contributed by atoms with E-state index in [4.69, 9.17) is 27.9 Å². The molecule has 0 bridgehead atoms. The van der Waals surface area contributed by atoms with Crippen LogP contribution in [0.15, 0.2) is 72.3 Å². The van der Waals surface area contributed by atoms with Gasteiger partial charge in [-0.15, -0.1) is 0 Å². The molecule has 3 aromatic rings. The predicted molar refractivity (Wildman–Crippen MR) is 130 cm³/mol. The van der Waals surface area contributed by atoms with E-state index in [1.165, 1.54) is 17.0 Å². The van der Waals surface area contributed by atoms with Crippen LogP contribution in [0, 0.1) is 6.92 Å². The highest BCUT2D eigenvalue weighted by Gasteiger charge is 2.47. The van der Waals surface area contributed by atoms with Crippen LogP contribution in [0.5, 0.6) is 5.75 Å².